The number of halogens is 1. The number of carbonyl (C=O) groups is 1. The topological polar surface area (TPSA) is 106 Å². The van der Waals surface area contributed by atoms with Crippen molar-refractivity contribution in [2.24, 2.45) is 12.5 Å². The Morgan fingerprint density at radius 3 is 2.25 bits per heavy atom. The molecule has 3 rings (SSSR count). The molecule has 0 radical (unpaired) electrons. The summed E-state index contributed by atoms with van der Waals surface area (Å²) >= 11 is 5.90. The average molecular weight is 476 g/mol. The van der Waals surface area contributed by atoms with Gasteiger partial charge in [0.15, 0.2) is 5.69 Å². The fourth-order valence-corrected chi connectivity index (χ4v) is 4.08. The lowest BCUT2D eigenvalue weighted by Crippen LogP contribution is -2.42. The fraction of sp³-hybridized carbons (Fsp3) is 0.318. The van der Waals surface area contributed by atoms with Crippen LogP contribution >= 0.6 is 11.6 Å². The summed E-state index contributed by atoms with van der Waals surface area (Å²) in [6.07, 6.45) is 3.14. The highest BCUT2D eigenvalue weighted by Crippen LogP contribution is 2.32. The number of nitrogens with zero attached hydrogens (tertiary/aromatic N) is 3. The van der Waals surface area contributed by atoms with Crippen molar-refractivity contribution in [3.8, 4) is 11.3 Å². The van der Waals surface area contributed by atoms with Gasteiger partial charge in [-0.1, -0.05) is 32.4 Å². The number of rotatable bonds is 6. The summed E-state index contributed by atoms with van der Waals surface area (Å²) in [6.45, 7) is 7.92. The lowest BCUT2D eigenvalue weighted by Gasteiger charge is -2.28. The van der Waals surface area contributed by atoms with Gasteiger partial charge in [-0.15, -0.1) is 0 Å². The van der Waals surface area contributed by atoms with Gasteiger partial charge in [0.25, 0.3) is 15.9 Å². The molecule has 2 N–H and O–H groups in total. The number of sulfonamides is 1. The predicted molar refractivity (Wildman–Crippen MR) is 125 cm³/mol. The average Bonchev–Trinajstić information content (AvgIpc) is 3.03. The van der Waals surface area contributed by atoms with E-state index in [0.29, 0.717) is 16.3 Å². The zero-order chi connectivity index (χ0) is 23.7. The van der Waals surface area contributed by atoms with Gasteiger partial charge in [0.05, 0.1) is 4.90 Å². The second-order valence-electron chi connectivity index (χ2n) is 8.55. The van der Waals surface area contributed by atoms with Crippen LogP contribution in [0.2, 0.25) is 5.02 Å². The lowest BCUT2D eigenvalue weighted by atomic mass is 9.88. The summed E-state index contributed by atoms with van der Waals surface area (Å²) in [4.78, 5) is 17.2. The van der Waals surface area contributed by atoms with E-state index in [1.54, 1.807) is 31.6 Å². The van der Waals surface area contributed by atoms with Gasteiger partial charge in [0.1, 0.15) is 11.4 Å². The highest BCUT2D eigenvalue weighted by Gasteiger charge is 2.30. The molecule has 1 aromatic carbocycles. The van der Waals surface area contributed by atoms with Gasteiger partial charge in [-0.25, -0.2) is 8.42 Å². The first kappa shape index (κ1) is 23.7. The van der Waals surface area contributed by atoms with Crippen molar-refractivity contribution in [1.29, 1.82) is 0 Å². The maximum absolute atomic E-state index is 13.2. The standard InChI is InChI=1S/C22H26ClN5O3S/c1-14(22(2,3)4)25-21(29)20-19(18(26-28(20)5)15-10-12-24-13-11-15)27-32(30,31)17-8-6-16(23)7-9-17/h6-14,27H,1-5H3,(H,25,29)/t14-/m0/s1. The molecule has 1 atom stereocenters. The van der Waals surface area contributed by atoms with Crippen LogP contribution in [-0.2, 0) is 17.1 Å². The highest BCUT2D eigenvalue weighted by atomic mass is 35.5. The summed E-state index contributed by atoms with van der Waals surface area (Å²) in [5.41, 5.74) is 0.941. The van der Waals surface area contributed by atoms with Crippen LogP contribution in [0.4, 0.5) is 5.69 Å². The normalized spacial score (nSPS) is 12.9. The summed E-state index contributed by atoms with van der Waals surface area (Å²) in [7, 11) is -2.42. The number of benzene rings is 1. The van der Waals surface area contributed by atoms with Gasteiger partial charge >= 0.3 is 0 Å². The van der Waals surface area contributed by atoms with Crippen molar-refractivity contribution >= 4 is 33.2 Å². The van der Waals surface area contributed by atoms with Gasteiger partial charge in [-0.3, -0.25) is 19.2 Å². The van der Waals surface area contributed by atoms with Crippen molar-refractivity contribution in [3.63, 3.8) is 0 Å². The van der Waals surface area contributed by atoms with Crippen molar-refractivity contribution in [3.05, 3.63) is 59.5 Å². The Balaban J connectivity index is 2.11. The number of pyridine rings is 1. The Hall–Kier alpha value is -2.91. The number of hydrogen-bond acceptors (Lipinski definition) is 5. The summed E-state index contributed by atoms with van der Waals surface area (Å²) < 4.78 is 30.2. The monoisotopic (exact) mass is 475 g/mol. The summed E-state index contributed by atoms with van der Waals surface area (Å²) in [5.74, 6) is -0.434. The van der Waals surface area contributed by atoms with Crippen LogP contribution in [0.25, 0.3) is 11.3 Å². The number of carbonyl (C=O) groups excluding carboxylic acids is 1. The maximum atomic E-state index is 13.2. The largest absolute Gasteiger partial charge is 0.348 e. The Kier molecular flexibility index (Phi) is 6.61. The van der Waals surface area contributed by atoms with Crippen molar-refractivity contribution in [2.75, 3.05) is 4.72 Å². The summed E-state index contributed by atoms with van der Waals surface area (Å²) in [5, 5.41) is 7.81. The Labute approximate surface area is 193 Å². The second kappa shape index (κ2) is 8.91. The second-order valence-corrected chi connectivity index (χ2v) is 10.7. The predicted octanol–water partition coefficient (Wildman–Crippen LogP) is 4.10. The van der Waals surface area contributed by atoms with E-state index in [2.05, 4.69) is 20.1 Å². The van der Waals surface area contributed by atoms with Crippen molar-refractivity contribution in [2.45, 2.75) is 38.6 Å². The molecule has 2 heterocycles. The molecule has 10 heteroatoms. The van der Waals surface area contributed by atoms with Gasteiger partial charge in [-0.05, 0) is 48.7 Å². The van der Waals surface area contributed by atoms with Crippen molar-refractivity contribution < 1.29 is 13.2 Å². The molecule has 0 spiro atoms. The zero-order valence-electron chi connectivity index (χ0n) is 18.5. The van der Waals surface area contributed by atoms with Gasteiger partial charge in [0.2, 0.25) is 0 Å². The number of anilines is 1. The molecule has 0 fully saturated rings. The first-order valence-corrected chi connectivity index (χ1v) is 11.8. The number of amides is 1. The molecule has 0 aliphatic heterocycles. The van der Waals surface area contributed by atoms with Gasteiger partial charge < -0.3 is 5.32 Å². The van der Waals surface area contributed by atoms with Crippen LogP contribution in [-0.4, -0.2) is 35.1 Å². The zero-order valence-corrected chi connectivity index (χ0v) is 20.1. The maximum Gasteiger partial charge on any atom is 0.271 e. The molecule has 3 aromatic rings. The lowest BCUT2D eigenvalue weighted by molar-refractivity contribution is 0.0901. The SMILES string of the molecule is C[C@H](NC(=O)c1c(NS(=O)(=O)c2ccc(Cl)cc2)c(-c2ccncc2)nn1C)C(C)(C)C. The van der Waals surface area contributed by atoms with E-state index in [0.717, 1.165) is 0 Å². The number of aryl methyl sites for hydroxylation is 1. The van der Waals surface area contributed by atoms with E-state index >= 15 is 0 Å². The fourth-order valence-electron chi connectivity index (χ4n) is 2.88. The Morgan fingerprint density at radius 1 is 1.09 bits per heavy atom. The van der Waals surface area contributed by atoms with Crippen LogP contribution < -0.4 is 10.0 Å². The summed E-state index contributed by atoms with van der Waals surface area (Å²) in [6, 6.07) is 8.99. The number of nitrogens with one attached hydrogen (secondary N) is 2. The smallest absolute Gasteiger partial charge is 0.271 e. The van der Waals surface area contributed by atoms with E-state index < -0.39 is 15.9 Å². The molecular weight excluding hydrogens is 450 g/mol. The molecule has 0 saturated heterocycles. The van der Waals surface area contributed by atoms with Crippen LogP contribution in [0.1, 0.15) is 38.2 Å². The molecule has 0 aliphatic rings. The first-order chi connectivity index (χ1) is 14.9. The van der Waals surface area contributed by atoms with E-state index in [9.17, 15) is 13.2 Å². The molecule has 0 bridgehead atoms. The quantitative estimate of drug-likeness (QED) is 0.558. The van der Waals surface area contributed by atoms with E-state index in [1.807, 2.05) is 27.7 Å². The van der Waals surface area contributed by atoms with Crippen LogP contribution in [0, 0.1) is 5.41 Å². The molecule has 0 unspecified atom stereocenters. The van der Waals surface area contributed by atoms with Crippen LogP contribution in [0.15, 0.2) is 53.7 Å². The van der Waals surface area contributed by atoms with E-state index in [-0.39, 0.29) is 27.7 Å². The molecule has 0 saturated carbocycles. The van der Waals surface area contributed by atoms with Crippen LogP contribution in [0.3, 0.4) is 0 Å². The minimum atomic E-state index is -4.02. The third-order valence-electron chi connectivity index (χ3n) is 5.22. The molecule has 2 aromatic heterocycles. The van der Waals surface area contributed by atoms with Gasteiger partial charge in [0, 0.05) is 36.1 Å². The molecule has 0 aliphatic carbocycles. The minimum absolute atomic E-state index is 0.0147. The Bertz CT molecular complexity index is 1220. The minimum Gasteiger partial charge on any atom is -0.348 e. The molecule has 8 nitrogen and oxygen atoms in total. The van der Waals surface area contributed by atoms with E-state index in [1.165, 1.54) is 28.9 Å². The molecule has 170 valence electrons. The first-order valence-electron chi connectivity index (χ1n) is 9.97. The van der Waals surface area contributed by atoms with Crippen molar-refractivity contribution in [1.82, 2.24) is 20.1 Å². The molecule has 32 heavy (non-hydrogen) atoms. The Morgan fingerprint density at radius 2 is 1.69 bits per heavy atom. The van der Waals surface area contributed by atoms with Crippen LogP contribution in [0.5, 0.6) is 0 Å². The number of hydrogen-bond donors (Lipinski definition) is 2. The highest BCUT2D eigenvalue weighted by molar-refractivity contribution is 7.92. The van der Waals surface area contributed by atoms with Gasteiger partial charge in [-0.2, -0.15) is 5.10 Å². The van der Waals surface area contributed by atoms with E-state index in [4.69, 9.17) is 11.6 Å². The molecular formula is C22H26ClN5O3S. The number of aromatic nitrogens is 3. The molecule has 1 amide bonds. The third kappa shape index (κ3) is 5.11. The third-order valence-corrected chi connectivity index (χ3v) is 6.84.